The van der Waals surface area contributed by atoms with Crippen molar-refractivity contribution in [1.82, 2.24) is 15.1 Å². The number of nitrogens with one attached hydrogen (secondary N) is 1. The predicted molar refractivity (Wildman–Crippen MR) is 184 cm³/mol. The molecule has 0 radical (unpaired) electrons. The Morgan fingerprint density at radius 1 is 1.06 bits per heavy atom. The van der Waals surface area contributed by atoms with Gasteiger partial charge in [0.05, 0.1) is 24.2 Å². The van der Waals surface area contributed by atoms with Crippen molar-refractivity contribution in [2.75, 3.05) is 20.2 Å². The van der Waals surface area contributed by atoms with Gasteiger partial charge in [-0.25, -0.2) is 13.6 Å². The summed E-state index contributed by atoms with van der Waals surface area (Å²) in [7, 11) is 1.55. The van der Waals surface area contributed by atoms with Gasteiger partial charge in [-0.05, 0) is 82.0 Å². The van der Waals surface area contributed by atoms with Gasteiger partial charge in [-0.1, -0.05) is 53.5 Å². The number of nitriles is 1. The fourth-order valence-electron chi connectivity index (χ4n) is 7.16. The van der Waals surface area contributed by atoms with Gasteiger partial charge >= 0.3 is 6.09 Å². The Morgan fingerprint density at radius 2 is 1.76 bits per heavy atom. The molecule has 0 aliphatic carbocycles. The van der Waals surface area contributed by atoms with Gasteiger partial charge in [0, 0.05) is 48.2 Å². The van der Waals surface area contributed by atoms with Crippen LogP contribution in [0.25, 0.3) is 0 Å². The Labute approximate surface area is 295 Å². The van der Waals surface area contributed by atoms with Crippen LogP contribution in [-0.2, 0) is 21.5 Å². The molecule has 2 aliphatic rings. The van der Waals surface area contributed by atoms with Crippen molar-refractivity contribution < 1.29 is 27.8 Å². The highest BCUT2D eigenvalue weighted by atomic mass is 35.5. The summed E-state index contributed by atoms with van der Waals surface area (Å²) in [5.74, 6) is -2.60. The van der Waals surface area contributed by atoms with Crippen molar-refractivity contribution in [3.05, 3.63) is 99.0 Å². The summed E-state index contributed by atoms with van der Waals surface area (Å²) in [5.41, 5.74) is -1.63. The smallest absolute Gasteiger partial charge is 0.410 e. The summed E-state index contributed by atoms with van der Waals surface area (Å²) < 4.78 is 43.1. The number of hydrogen-bond donors (Lipinski definition) is 1. The molecule has 3 aromatic carbocycles. The average molecular weight is 714 g/mol. The van der Waals surface area contributed by atoms with Crippen LogP contribution < -0.4 is 10.1 Å². The van der Waals surface area contributed by atoms with Crippen LogP contribution in [0.1, 0.15) is 63.1 Å². The first-order valence-corrected chi connectivity index (χ1v) is 16.9. The first-order chi connectivity index (χ1) is 23.2. The van der Waals surface area contributed by atoms with Gasteiger partial charge in [0.15, 0.2) is 0 Å². The van der Waals surface area contributed by atoms with Gasteiger partial charge < -0.3 is 19.7 Å². The Morgan fingerprint density at radius 3 is 2.39 bits per heavy atom. The molecular weight excluding hydrogens is 673 g/mol. The number of ether oxygens (including phenoxy) is 2. The van der Waals surface area contributed by atoms with Gasteiger partial charge in [-0.2, -0.15) is 5.26 Å². The van der Waals surface area contributed by atoms with E-state index in [0.29, 0.717) is 31.7 Å². The topological polar surface area (TPSA) is 94.9 Å². The number of benzene rings is 3. The summed E-state index contributed by atoms with van der Waals surface area (Å²) >= 11 is 12.4. The zero-order valence-electron chi connectivity index (χ0n) is 28.1. The highest BCUT2D eigenvalue weighted by molar-refractivity contribution is 6.31. The van der Waals surface area contributed by atoms with Crippen molar-refractivity contribution in [1.29, 1.82) is 5.26 Å². The molecule has 8 nitrogen and oxygen atoms in total. The zero-order valence-corrected chi connectivity index (χ0v) is 29.6. The molecule has 2 heterocycles. The van der Waals surface area contributed by atoms with E-state index in [4.69, 9.17) is 32.7 Å². The third-order valence-electron chi connectivity index (χ3n) is 9.46. The van der Waals surface area contributed by atoms with E-state index >= 15 is 8.78 Å². The maximum atomic E-state index is 16.2. The molecule has 2 aliphatic heterocycles. The Bertz CT molecular complexity index is 1750. The Kier molecular flexibility index (Phi) is 10.8. The minimum atomic E-state index is -1.76. The fourth-order valence-corrected chi connectivity index (χ4v) is 7.50. The van der Waals surface area contributed by atoms with E-state index in [1.165, 1.54) is 24.3 Å². The molecule has 12 heteroatoms. The second-order valence-corrected chi connectivity index (χ2v) is 14.5. The van der Waals surface area contributed by atoms with Gasteiger partial charge in [0.25, 0.3) is 0 Å². The van der Waals surface area contributed by atoms with Crippen LogP contribution in [0.3, 0.4) is 0 Å². The van der Waals surface area contributed by atoms with Gasteiger partial charge in [-0.3, -0.25) is 9.69 Å². The highest BCUT2D eigenvalue weighted by Gasteiger charge is 2.63. The molecule has 260 valence electrons. The predicted octanol–water partition coefficient (Wildman–Crippen LogP) is 7.61. The van der Waals surface area contributed by atoms with E-state index in [9.17, 15) is 14.9 Å². The number of methoxy groups -OCH3 is 1. The minimum absolute atomic E-state index is 0.00659. The van der Waals surface area contributed by atoms with Crippen LogP contribution in [-0.4, -0.2) is 65.7 Å². The zero-order chi connectivity index (χ0) is 35.7. The number of piperidine rings is 1. The summed E-state index contributed by atoms with van der Waals surface area (Å²) in [6, 6.07) is 15.8. The van der Waals surface area contributed by atoms with Gasteiger partial charge in [-0.15, -0.1) is 0 Å². The highest BCUT2D eigenvalue weighted by Crippen LogP contribution is 2.55. The molecule has 3 aromatic rings. The van der Waals surface area contributed by atoms with E-state index in [2.05, 4.69) is 11.4 Å². The molecular formula is C37H40Cl2F2N4O4. The minimum Gasteiger partial charge on any atom is -0.497 e. The number of hydrogen-bond acceptors (Lipinski definition) is 6. The van der Waals surface area contributed by atoms with Crippen molar-refractivity contribution in [3.8, 4) is 11.8 Å². The van der Waals surface area contributed by atoms with E-state index in [-0.39, 0.29) is 33.8 Å². The molecule has 1 unspecified atom stereocenters. The van der Waals surface area contributed by atoms with Crippen LogP contribution >= 0.6 is 23.2 Å². The molecule has 4 atom stereocenters. The quantitative estimate of drug-likeness (QED) is 0.271. The molecule has 1 N–H and O–H groups in total. The number of likely N-dealkylation sites (tertiary alicyclic amines) is 2. The number of halogens is 4. The lowest BCUT2D eigenvalue weighted by atomic mass is 9.65. The lowest BCUT2D eigenvalue weighted by molar-refractivity contribution is -0.127. The monoisotopic (exact) mass is 712 g/mol. The second-order valence-electron chi connectivity index (χ2n) is 13.6. The van der Waals surface area contributed by atoms with Crippen molar-refractivity contribution >= 4 is 35.2 Å². The average Bonchev–Trinajstić information content (AvgIpc) is 3.29. The first-order valence-electron chi connectivity index (χ1n) is 16.2. The fraction of sp³-hybridized carbons (Fsp3) is 0.432. The van der Waals surface area contributed by atoms with E-state index in [1.54, 1.807) is 51.8 Å². The van der Waals surface area contributed by atoms with Crippen LogP contribution in [0.15, 0.2) is 60.7 Å². The molecule has 0 aromatic heterocycles. The number of nitrogens with zero attached hydrogens (tertiary/aromatic N) is 3. The van der Waals surface area contributed by atoms with Gasteiger partial charge in [0.2, 0.25) is 5.91 Å². The molecule has 2 saturated heterocycles. The lowest BCUT2D eigenvalue weighted by Gasteiger charge is -2.36. The number of rotatable bonds is 7. The van der Waals surface area contributed by atoms with Gasteiger partial charge in [0.1, 0.15) is 28.4 Å². The maximum Gasteiger partial charge on any atom is 0.410 e. The third-order valence-corrected chi connectivity index (χ3v) is 9.99. The molecule has 49 heavy (non-hydrogen) atoms. The van der Waals surface area contributed by atoms with E-state index < -0.39 is 52.7 Å². The number of carbonyl (C=O) groups excluding carboxylic acids is 2. The van der Waals surface area contributed by atoms with Crippen LogP contribution in [0.5, 0.6) is 5.75 Å². The number of amides is 2. The maximum absolute atomic E-state index is 16.2. The summed E-state index contributed by atoms with van der Waals surface area (Å²) in [6.07, 6.45) is 0.481. The normalized spacial score (nSPS) is 23.2. The third kappa shape index (κ3) is 7.35. The van der Waals surface area contributed by atoms with Crippen LogP contribution in [0.4, 0.5) is 13.6 Å². The summed E-state index contributed by atoms with van der Waals surface area (Å²) in [4.78, 5) is 30.8. The number of carbonyl (C=O) groups is 2. The molecule has 0 saturated carbocycles. The van der Waals surface area contributed by atoms with Crippen molar-refractivity contribution in [2.24, 2.45) is 0 Å². The molecule has 5 rings (SSSR count). The summed E-state index contributed by atoms with van der Waals surface area (Å²) in [5, 5.41) is 14.2. The van der Waals surface area contributed by atoms with Crippen molar-refractivity contribution in [2.45, 2.75) is 82.1 Å². The summed E-state index contributed by atoms with van der Waals surface area (Å²) in [6.45, 7) is 8.03. The lowest BCUT2D eigenvalue weighted by Crippen LogP contribution is -2.53. The second kappa shape index (κ2) is 14.5. The SMILES string of the molecule is COc1cccc(CN2C(C)[C@](C#N)(c3ccc(Cl)cc3F)[C@@H](c3cccc(Cl)c3F)[C@@H]2C(=O)NC2CCN(C(=O)OC(C)(C)C)CC2)c1. The Hall–Kier alpha value is -3.91. The van der Waals surface area contributed by atoms with E-state index in [0.717, 1.165) is 11.6 Å². The molecule has 0 bridgehead atoms. The van der Waals surface area contributed by atoms with E-state index in [1.807, 2.05) is 23.1 Å². The molecule has 0 spiro atoms. The first kappa shape index (κ1) is 36.4. The molecule has 2 amide bonds. The largest absolute Gasteiger partial charge is 0.497 e. The van der Waals surface area contributed by atoms with Crippen LogP contribution in [0.2, 0.25) is 10.0 Å². The molecule has 2 fully saturated rings. The Balaban J connectivity index is 1.60. The van der Waals surface area contributed by atoms with Crippen LogP contribution in [0, 0.1) is 23.0 Å². The van der Waals surface area contributed by atoms with Crippen molar-refractivity contribution in [3.63, 3.8) is 0 Å². The standard InChI is InChI=1S/C37H40Cl2F2N4O4/c1-22-37(21-42,28-13-12-24(38)19-30(28)40)31(27-10-7-11-29(39)32(27)41)33(45(22)20-23-8-6-9-26(18-23)48-5)34(46)43-25-14-16-44(17-15-25)35(47)49-36(2,3)4/h6-13,18-19,22,25,31,33H,14-17,20H2,1-5H3,(H,43,46)/t22?,31-,33+,37+/m0/s1.